The van der Waals surface area contributed by atoms with Gasteiger partial charge in [0.25, 0.3) is 5.91 Å². The van der Waals surface area contributed by atoms with Crippen LogP contribution in [0.1, 0.15) is 30.6 Å². The van der Waals surface area contributed by atoms with Crippen molar-refractivity contribution in [1.82, 2.24) is 9.88 Å². The Labute approximate surface area is 208 Å². The van der Waals surface area contributed by atoms with Crippen molar-refractivity contribution < 1.29 is 27.6 Å². The van der Waals surface area contributed by atoms with Crippen molar-refractivity contribution >= 4 is 41.6 Å². The summed E-state index contributed by atoms with van der Waals surface area (Å²) in [4.78, 5) is 22.0. The third-order valence-electron chi connectivity index (χ3n) is 5.96. The minimum absolute atomic E-state index is 0.129. The number of aromatic nitrogens is 1. The quantitative estimate of drug-likeness (QED) is 0.455. The summed E-state index contributed by atoms with van der Waals surface area (Å²) in [6.07, 6.45) is 2.52. The van der Waals surface area contributed by atoms with Gasteiger partial charge in [0.2, 0.25) is 0 Å². The third-order valence-corrected chi connectivity index (χ3v) is 6.04. The van der Waals surface area contributed by atoms with Gasteiger partial charge in [0.05, 0.1) is 17.8 Å². The van der Waals surface area contributed by atoms with Crippen molar-refractivity contribution in [1.29, 1.82) is 0 Å². The van der Waals surface area contributed by atoms with E-state index < -0.39 is 24.2 Å². The molecule has 1 atom stereocenters. The number of likely N-dealkylation sites (N-methyl/N-ethyl adjacent to an activating group) is 1. The molecule has 0 bridgehead atoms. The van der Waals surface area contributed by atoms with E-state index in [9.17, 15) is 13.6 Å². The molecule has 188 valence electrons. The SMILES string of the molecule is CN(C)[C@@H]1CCN(c2ncc(C(=O)Nc3ccc(OC(F)(F)Cl)cc3)cc2B2OCC(C)(C)O2)C1. The number of benzene rings is 1. The lowest BCUT2D eigenvalue weighted by molar-refractivity contribution is -0.0964. The second-order valence-electron chi connectivity index (χ2n) is 9.54. The molecule has 1 aromatic carbocycles. The van der Waals surface area contributed by atoms with Crippen molar-refractivity contribution in [2.24, 2.45) is 0 Å². The molecule has 0 unspecified atom stereocenters. The molecule has 1 N–H and O–H groups in total. The number of alkyl halides is 3. The Bertz CT molecular complexity index is 1070. The number of nitrogens with zero attached hydrogens (tertiary/aromatic N) is 3. The summed E-state index contributed by atoms with van der Waals surface area (Å²) in [6, 6.07) is 7.59. The molecule has 2 saturated heterocycles. The van der Waals surface area contributed by atoms with Crippen LogP contribution in [0.3, 0.4) is 0 Å². The van der Waals surface area contributed by atoms with E-state index in [2.05, 4.69) is 38.9 Å². The molecule has 2 aliphatic heterocycles. The highest BCUT2D eigenvalue weighted by molar-refractivity contribution is 6.63. The van der Waals surface area contributed by atoms with E-state index in [0.717, 1.165) is 25.3 Å². The van der Waals surface area contributed by atoms with Gasteiger partial charge in [0.15, 0.2) is 0 Å². The minimum Gasteiger partial charge on any atom is -0.420 e. The molecule has 0 radical (unpaired) electrons. The first-order chi connectivity index (χ1) is 16.4. The highest BCUT2D eigenvalue weighted by Gasteiger charge is 2.41. The molecule has 3 heterocycles. The van der Waals surface area contributed by atoms with E-state index >= 15 is 0 Å². The van der Waals surface area contributed by atoms with Gasteiger partial charge in [-0.05, 0) is 64.7 Å². The van der Waals surface area contributed by atoms with Gasteiger partial charge in [-0.25, -0.2) is 4.98 Å². The fourth-order valence-electron chi connectivity index (χ4n) is 4.12. The molecule has 0 aliphatic carbocycles. The van der Waals surface area contributed by atoms with Crippen LogP contribution in [0.15, 0.2) is 36.5 Å². The lowest BCUT2D eigenvalue weighted by Crippen LogP contribution is -2.41. The topological polar surface area (TPSA) is 76.2 Å². The Morgan fingerprint density at radius 2 is 2.06 bits per heavy atom. The Morgan fingerprint density at radius 3 is 2.63 bits per heavy atom. The molecule has 0 spiro atoms. The number of pyridine rings is 1. The number of amides is 1. The minimum atomic E-state index is -3.81. The lowest BCUT2D eigenvalue weighted by atomic mass is 9.78. The highest BCUT2D eigenvalue weighted by atomic mass is 35.5. The predicted octanol–water partition coefficient (Wildman–Crippen LogP) is 3.16. The van der Waals surface area contributed by atoms with Crippen LogP contribution >= 0.6 is 11.6 Å². The smallest absolute Gasteiger partial charge is 0.420 e. The van der Waals surface area contributed by atoms with Crippen molar-refractivity contribution in [3.05, 3.63) is 42.1 Å². The van der Waals surface area contributed by atoms with E-state index in [1.165, 1.54) is 30.5 Å². The lowest BCUT2D eigenvalue weighted by Gasteiger charge is -2.24. The number of anilines is 2. The number of ether oxygens (including phenoxy) is 1. The Hall–Kier alpha value is -2.47. The number of halogens is 3. The Kier molecular flexibility index (Phi) is 7.24. The van der Waals surface area contributed by atoms with Crippen LogP contribution < -0.4 is 20.4 Å². The highest BCUT2D eigenvalue weighted by Crippen LogP contribution is 2.27. The first-order valence-corrected chi connectivity index (χ1v) is 11.7. The monoisotopic (exact) mass is 508 g/mol. The van der Waals surface area contributed by atoms with Gasteiger partial charge in [-0.3, -0.25) is 4.79 Å². The summed E-state index contributed by atoms with van der Waals surface area (Å²) in [5.74, 6) is 0.194. The second kappa shape index (κ2) is 9.89. The normalized spacial score (nSPS) is 19.9. The molecular weight excluding hydrogens is 481 g/mol. The molecule has 2 fully saturated rings. The number of hydrogen-bond donors (Lipinski definition) is 1. The summed E-state index contributed by atoms with van der Waals surface area (Å²) in [5.41, 5.74) is -2.86. The molecule has 4 rings (SSSR count). The van der Waals surface area contributed by atoms with Crippen LogP contribution in [0.4, 0.5) is 20.3 Å². The van der Waals surface area contributed by atoms with Crippen LogP contribution in [0, 0.1) is 0 Å². The van der Waals surface area contributed by atoms with Crippen LogP contribution in [0.2, 0.25) is 0 Å². The standard InChI is InChI=1S/C23H28BClF2N4O4/c1-22(2)14-33-24(35-22)19-11-15(12-28-20(19)31-10-9-17(13-31)30(3)4)21(32)29-16-5-7-18(8-6-16)34-23(25,26)27/h5-8,11-12,17H,9-10,13-14H2,1-4H3,(H,29,32)/t17-/m1/s1. The summed E-state index contributed by atoms with van der Waals surface area (Å²) in [6.45, 7) is 5.96. The third kappa shape index (κ3) is 6.40. The van der Waals surface area contributed by atoms with E-state index in [-0.39, 0.29) is 5.75 Å². The van der Waals surface area contributed by atoms with E-state index in [0.29, 0.717) is 29.4 Å². The summed E-state index contributed by atoms with van der Waals surface area (Å²) < 4.78 is 41.9. The maximum atomic E-state index is 13.0. The van der Waals surface area contributed by atoms with Crippen LogP contribution in [0.5, 0.6) is 5.75 Å². The first kappa shape index (κ1) is 25.6. The van der Waals surface area contributed by atoms with E-state index in [1.807, 2.05) is 13.8 Å². The molecule has 8 nitrogen and oxygen atoms in total. The predicted molar refractivity (Wildman–Crippen MR) is 131 cm³/mol. The first-order valence-electron chi connectivity index (χ1n) is 11.3. The average molecular weight is 509 g/mol. The Morgan fingerprint density at radius 1 is 1.34 bits per heavy atom. The molecule has 1 amide bonds. The molecule has 2 aliphatic rings. The van der Waals surface area contributed by atoms with Crippen molar-refractivity contribution in [2.45, 2.75) is 37.5 Å². The molecule has 35 heavy (non-hydrogen) atoms. The van der Waals surface area contributed by atoms with Crippen LogP contribution in [-0.2, 0) is 9.31 Å². The number of carbonyl (C=O) groups is 1. The molecular formula is C23H28BClF2N4O4. The Balaban J connectivity index is 1.55. The van der Waals surface area contributed by atoms with Gasteiger partial charge in [-0.2, -0.15) is 0 Å². The zero-order chi connectivity index (χ0) is 25.4. The number of carbonyl (C=O) groups excluding carboxylic acids is 1. The molecule has 1 aromatic heterocycles. The average Bonchev–Trinajstić information content (AvgIpc) is 3.40. The van der Waals surface area contributed by atoms with Crippen molar-refractivity contribution in [3.8, 4) is 5.75 Å². The maximum Gasteiger partial charge on any atom is 0.498 e. The van der Waals surface area contributed by atoms with Crippen molar-refractivity contribution in [3.63, 3.8) is 0 Å². The van der Waals surface area contributed by atoms with Crippen LogP contribution in [-0.4, -0.2) is 73.9 Å². The second-order valence-corrected chi connectivity index (χ2v) is 9.98. The van der Waals surface area contributed by atoms with Gasteiger partial charge in [0, 0.05) is 48.1 Å². The number of hydrogen-bond acceptors (Lipinski definition) is 7. The molecule has 0 saturated carbocycles. The zero-order valence-corrected chi connectivity index (χ0v) is 20.8. The van der Waals surface area contributed by atoms with Crippen LogP contribution in [0.25, 0.3) is 0 Å². The molecule has 2 aromatic rings. The summed E-state index contributed by atoms with van der Waals surface area (Å²) >= 11 is 4.78. The summed E-state index contributed by atoms with van der Waals surface area (Å²) in [5, 5.41) is 2.74. The number of nitrogens with one attached hydrogen (secondary N) is 1. The molecule has 12 heteroatoms. The zero-order valence-electron chi connectivity index (χ0n) is 20.1. The largest absolute Gasteiger partial charge is 0.498 e. The maximum absolute atomic E-state index is 13.0. The summed E-state index contributed by atoms with van der Waals surface area (Å²) in [7, 11) is 3.47. The van der Waals surface area contributed by atoms with Gasteiger partial charge >= 0.3 is 12.7 Å². The van der Waals surface area contributed by atoms with Crippen molar-refractivity contribution in [2.75, 3.05) is 44.0 Å². The fraction of sp³-hybridized carbons (Fsp3) is 0.478. The van der Waals surface area contributed by atoms with Gasteiger partial charge in [-0.1, -0.05) is 0 Å². The van der Waals surface area contributed by atoms with E-state index in [1.54, 1.807) is 6.07 Å². The van der Waals surface area contributed by atoms with Gasteiger partial charge in [-0.15, -0.1) is 8.78 Å². The van der Waals surface area contributed by atoms with Gasteiger partial charge < -0.3 is 29.2 Å². The van der Waals surface area contributed by atoms with E-state index in [4.69, 9.17) is 20.9 Å². The van der Waals surface area contributed by atoms with Gasteiger partial charge in [0.1, 0.15) is 11.6 Å². The number of rotatable bonds is 7. The fourth-order valence-corrected chi connectivity index (χ4v) is 4.21.